The molecule has 3 aromatic carbocycles. The highest BCUT2D eigenvalue weighted by atomic mass is 35.5. The molecule has 4 rings (SSSR count). The molecule has 0 radical (unpaired) electrons. The van der Waals surface area contributed by atoms with Crippen molar-refractivity contribution in [3.63, 3.8) is 0 Å². The standard InChI is InChI=1S/C24H20ClN3O/c1-17-20(25)13-8-14-21(17)26-16-24(29)28-23(19-11-6-3-7-12-19)15-22(27-28)18-9-4-2-5-10-18/h2-15,26H,16H2,1H3. The first-order valence-corrected chi connectivity index (χ1v) is 9.74. The third kappa shape index (κ3) is 4.08. The highest BCUT2D eigenvalue weighted by Crippen LogP contribution is 2.27. The van der Waals surface area contributed by atoms with Gasteiger partial charge in [-0.3, -0.25) is 4.79 Å². The van der Waals surface area contributed by atoms with Gasteiger partial charge in [0.25, 0.3) is 5.91 Å². The van der Waals surface area contributed by atoms with Gasteiger partial charge in [0.15, 0.2) is 0 Å². The maximum absolute atomic E-state index is 13.1. The molecule has 0 aliphatic heterocycles. The number of anilines is 1. The number of hydrogen-bond donors (Lipinski definition) is 1. The zero-order chi connectivity index (χ0) is 20.2. The van der Waals surface area contributed by atoms with E-state index in [2.05, 4.69) is 10.4 Å². The number of hydrogen-bond acceptors (Lipinski definition) is 3. The van der Waals surface area contributed by atoms with E-state index in [1.807, 2.05) is 91.9 Å². The van der Waals surface area contributed by atoms with Crippen molar-refractivity contribution in [2.45, 2.75) is 6.92 Å². The summed E-state index contributed by atoms with van der Waals surface area (Å²) in [6.07, 6.45) is 0. The third-order valence-electron chi connectivity index (χ3n) is 4.78. The van der Waals surface area contributed by atoms with Crippen molar-refractivity contribution in [3.8, 4) is 22.5 Å². The van der Waals surface area contributed by atoms with Gasteiger partial charge in [-0.1, -0.05) is 78.3 Å². The fourth-order valence-electron chi connectivity index (χ4n) is 3.18. The van der Waals surface area contributed by atoms with Crippen LogP contribution in [-0.2, 0) is 0 Å². The van der Waals surface area contributed by atoms with Gasteiger partial charge in [-0.25, -0.2) is 0 Å². The summed E-state index contributed by atoms with van der Waals surface area (Å²) in [7, 11) is 0. The molecule has 1 heterocycles. The zero-order valence-corrected chi connectivity index (χ0v) is 16.7. The second-order valence-corrected chi connectivity index (χ2v) is 7.13. The number of halogens is 1. The molecule has 0 saturated carbocycles. The summed E-state index contributed by atoms with van der Waals surface area (Å²) in [6, 6.07) is 27.2. The highest BCUT2D eigenvalue weighted by molar-refractivity contribution is 6.31. The maximum Gasteiger partial charge on any atom is 0.266 e. The first kappa shape index (κ1) is 19.0. The number of nitrogens with one attached hydrogen (secondary N) is 1. The van der Waals surface area contributed by atoms with Crippen LogP contribution in [0, 0.1) is 6.92 Å². The minimum Gasteiger partial charge on any atom is -0.376 e. The summed E-state index contributed by atoms with van der Waals surface area (Å²) in [4.78, 5) is 13.1. The maximum atomic E-state index is 13.1. The lowest BCUT2D eigenvalue weighted by atomic mass is 10.1. The number of carbonyl (C=O) groups is 1. The molecule has 0 spiro atoms. The van der Waals surface area contributed by atoms with Crippen LogP contribution < -0.4 is 5.32 Å². The van der Waals surface area contributed by atoms with E-state index in [4.69, 9.17) is 11.6 Å². The summed E-state index contributed by atoms with van der Waals surface area (Å²) in [6.45, 7) is 2.03. The van der Waals surface area contributed by atoms with Gasteiger partial charge in [0.05, 0.1) is 17.9 Å². The van der Waals surface area contributed by atoms with Crippen molar-refractivity contribution < 1.29 is 4.79 Å². The van der Waals surface area contributed by atoms with E-state index in [0.717, 1.165) is 33.8 Å². The molecule has 1 N–H and O–H groups in total. The third-order valence-corrected chi connectivity index (χ3v) is 5.19. The van der Waals surface area contributed by atoms with Crippen molar-refractivity contribution in [2.75, 3.05) is 11.9 Å². The first-order chi connectivity index (χ1) is 14.1. The van der Waals surface area contributed by atoms with Crippen LogP contribution in [0.3, 0.4) is 0 Å². The highest BCUT2D eigenvalue weighted by Gasteiger charge is 2.17. The average molecular weight is 402 g/mol. The first-order valence-electron chi connectivity index (χ1n) is 9.36. The molecular weight excluding hydrogens is 382 g/mol. The van der Waals surface area contributed by atoms with Crippen molar-refractivity contribution in [1.29, 1.82) is 0 Å². The molecule has 0 aliphatic rings. The second-order valence-electron chi connectivity index (χ2n) is 6.72. The smallest absolute Gasteiger partial charge is 0.266 e. The molecule has 0 unspecified atom stereocenters. The van der Waals surface area contributed by atoms with Gasteiger partial charge in [-0.2, -0.15) is 9.78 Å². The molecule has 0 bridgehead atoms. The number of nitrogens with zero attached hydrogens (tertiary/aromatic N) is 2. The quantitative estimate of drug-likeness (QED) is 0.450. The molecule has 5 heteroatoms. The van der Waals surface area contributed by atoms with Crippen LogP contribution >= 0.6 is 11.6 Å². The molecule has 0 amide bonds. The lowest BCUT2D eigenvalue weighted by molar-refractivity contribution is 0.0916. The monoisotopic (exact) mass is 401 g/mol. The summed E-state index contributed by atoms with van der Waals surface area (Å²) in [5.41, 5.74) is 5.18. The molecular formula is C24H20ClN3O. The Morgan fingerprint density at radius 2 is 1.59 bits per heavy atom. The van der Waals surface area contributed by atoms with Crippen LogP contribution in [0.2, 0.25) is 5.02 Å². The van der Waals surface area contributed by atoms with E-state index in [9.17, 15) is 4.79 Å². The topological polar surface area (TPSA) is 46.9 Å². The molecule has 144 valence electrons. The molecule has 0 aliphatic carbocycles. The van der Waals surface area contributed by atoms with Gasteiger partial charge < -0.3 is 5.32 Å². The molecule has 4 aromatic rings. The molecule has 29 heavy (non-hydrogen) atoms. The van der Waals surface area contributed by atoms with Crippen molar-refractivity contribution in [1.82, 2.24) is 9.78 Å². The molecule has 0 fully saturated rings. The Kier molecular flexibility index (Phi) is 5.45. The predicted molar refractivity (Wildman–Crippen MR) is 118 cm³/mol. The SMILES string of the molecule is Cc1c(Cl)cccc1NCC(=O)n1nc(-c2ccccc2)cc1-c1ccccc1. The van der Waals surface area contributed by atoms with Crippen molar-refractivity contribution in [2.24, 2.45) is 0 Å². The van der Waals surface area contributed by atoms with Crippen LogP contribution in [0.15, 0.2) is 84.9 Å². The van der Waals surface area contributed by atoms with Crippen molar-refractivity contribution in [3.05, 3.63) is 95.5 Å². The van der Waals surface area contributed by atoms with E-state index in [-0.39, 0.29) is 12.5 Å². The van der Waals surface area contributed by atoms with Crippen LogP contribution in [0.25, 0.3) is 22.5 Å². The number of benzene rings is 3. The van der Waals surface area contributed by atoms with E-state index >= 15 is 0 Å². The lowest BCUT2D eigenvalue weighted by Gasteiger charge is -2.11. The van der Waals surface area contributed by atoms with E-state index in [0.29, 0.717) is 5.02 Å². The van der Waals surface area contributed by atoms with Crippen LogP contribution in [0.4, 0.5) is 5.69 Å². The van der Waals surface area contributed by atoms with Gasteiger partial charge in [-0.05, 0) is 30.7 Å². The fourth-order valence-corrected chi connectivity index (χ4v) is 3.35. The van der Waals surface area contributed by atoms with Crippen LogP contribution in [0.5, 0.6) is 0 Å². The summed E-state index contributed by atoms with van der Waals surface area (Å²) in [5.74, 6) is -0.148. The van der Waals surface area contributed by atoms with Crippen LogP contribution in [-0.4, -0.2) is 22.2 Å². The van der Waals surface area contributed by atoms with E-state index in [1.165, 1.54) is 4.68 Å². The van der Waals surface area contributed by atoms with Gasteiger partial charge in [0, 0.05) is 21.8 Å². The minimum absolute atomic E-state index is 0.108. The van der Waals surface area contributed by atoms with E-state index in [1.54, 1.807) is 0 Å². The lowest BCUT2D eigenvalue weighted by Crippen LogP contribution is -2.23. The zero-order valence-electron chi connectivity index (χ0n) is 16.0. The Morgan fingerprint density at radius 3 is 2.28 bits per heavy atom. The molecule has 0 saturated heterocycles. The number of carbonyl (C=O) groups excluding carboxylic acids is 1. The Bertz CT molecular complexity index is 1140. The second kappa shape index (κ2) is 8.33. The van der Waals surface area contributed by atoms with Gasteiger partial charge >= 0.3 is 0 Å². The summed E-state index contributed by atoms with van der Waals surface area (Å²) >= 11 is 6.18. The largest absolute Gasteiger partial charge is 0.376 e. The Balaban J connectivity index is 1.67. The molecule has 4 nitrogen and oxygen atoms in total. The Morgan fingerprint density at radius 1 is 0.931 bits per heavy atom. The number of aromatic nitrogens is 2. The molecule has 1 aromatic heterocycles. The number of rotatable bonds is 5. The van der Waals surface area contributed by atoms with E-state index < -0.39 is 0 Å². The van der Waals surface area contributed by atoms with Gasteiger partial charge in [0.2, 0.25) is 0 Å². The summed E-state index contributed by atoms with van der Waals surface area (Å²) < 4.78 is 1.48. The van der Waals surface area contributed by atoms with Gasteiger partial charge in [-0.15, -0.1) is 0 Å². The Hall–Kier alpha value is -3.37. The molecule has 0 atom stereocenters. The predicted octanol–water partition coefficient (Wildman–Crippen LogP) is 5.93. The average Bonchev–Trinajstić information content (AvgIpc) is 3.21. The van der Waals surface area contributed by atoms with Gasteiger partial charge in [0.1, 0.15) is 0 Å². The minimum atomic E-state index is -0.148. The fraction of sp³-hybridized carbons (Fsp3) is 0.0833. The van der Waals surface area contributed by atoms with Crippen molar-refractivity contribution >= 4 is 23.2 Å². The summed E-state index contributed by atoms with van der Waals surface area (Å²) in [5, 5.41) is 8.46. The normalized spacial score (nSPS) is 10.7. The van der Waals surface area contributed by atoms with Crippen LogP contribution in [0.1, 0.15) is 10.4 Å². The Labute approximate surface area is 174 Å².